The first-order valence-corrected chi connectivity index (χ1v) is 10.3. The fourth-order valence-corrected chi connectivity index (χ4v) is 5.05. The fourth-order valence-electron chi connectivity index (χ4n) is 3.60. The molecular formula is C22H22N2O3S. The molecule has 0 saturated carbocycles. The van der Waals surface area contributed by atoms with Crippen LogP contribution in [0.25, 0.3) is 5.70 Å². The molecule has 144 valence electrons. The Morgan fingerprint density at radius 3 is 2.64 bits per heavy atom. The molecule has 28 heavy (non-hydrogen) atoms. The predicted molar refractivity (Wildman–Crippen MR) is 111 cm³/mol. The molecule has 2 heterocycles. The lowest BCUT2D eigenvalue weighted by molar-refractivity contribution is -0.142. The number of carbonyl (C=O) groups excluding carboxylic acids is 2. The van der Waals surface area contributed by atoms with Gasteiger partial charge in [0, 0.05) is 17.5 Å². The summed E-state index contributed by atoms with van der Waals surface area (Å²) in [6.07, 6.45) is 1.97. The lowest BCUT2D eigenvalue weighted by Crippen LogP contribution is -2.49. The summed E-state index contributed by atoms with van der Waals surface area (Å²) in [5.74, 6) is -0.201. The van der Waals surface area contributed by atoms with Crippen molar-refractivity contribution in [2.45, 2.75) is 30.7 Å². The Balaban J connectivity index is 1.72. The second-order valence-electron chi connectivity index (χ2n) is 6.62. The highest BCUT2D eigenvalue weighted by Gasteiger charge is 2.41. The second-order valence-corrected chi connectivity index (χ2v) is 7.72. The number of amides is 1. The monoisotopic (exact) mass is 394 g/mol. The fraction of sp³-hybridized carbons (Fsp3) is 0.273. The van der Waals surface area contributed by atoms with Gasteiger partial charge < -0.3 is 14.5 Å². The van der Waals surface area contributed by atoms with Crippen molar-refractivity contribution in [3.05, 3.63) is 65.7 Å². The summed E-state index contributed by atoms with van der Waals surface area (Å²) in [6, 6.07) is 16.0. The quantitative estimate of drug-likeness (QED) is 0.720. The van der Waals surface area contributed by atoms with E-state index >= 15 is 0 Å². The number of ether oxygens (including phenoxy) is 1. The highest BCUT2D eigenvalue weighted by molar-refractivity contribution is 8.00. The molecule has 2 aliphatic rings. The van der Waals surface area contributed by atoms with E-state index in [-0.39, 0.29) is 23.8 Å². The number of anilines is 1. The molecule has 1 unspecified atom stereocenters. The van der Waals surface area contributed by atoms with E-state index in [0.717, 1.165) is 27.4 Å². The third kappa shape index (κ3) is 3.29. The van der Waals surface area contributed by atoms with Crippen molar-refractivity contribution in [2.24, 2.45) is 0 Å². The maximum Gasteiger partial charge on any atom is 0.310 e. The number of likely N-dealkylation sites (N-methyl/N-ethyl adjacent to an activating group) is 1. The van der Waals surface area contributed by atoms with E-state index in [9.17, 15) is 9.59 Å². The van der Waals surface area contributed by atoms with E-state index in [1.807, 2.05) is 67.3 Å². The maximum atomic E-state index is 12.7. The van der Waals surface area contributed by atoms with Crippen molar-refractivity contribution in [3.63, 3.8) is 0 Å². The van der Waals surface area contributed by atoms with Crippen molar-refractivity contribution < 1.29 is 14.3 Å². The van der Waals surface area contributed by atoms with Gasteiger partial charge in [-0.15, -0.1) is 0 Å². The van der Waals surface area contributed by atoms with Crippen LogP contribution in [0, 0.1) is 0 Å². The Morgan fingerprint density at radius 1 is 1.14 bits per heavy atom. The van der Waals surface area contributed by atoms with Gasteiger partial charge in [0.15, 0.2) is 5.50 Å². The van der Waals surface area contributed by atoms with E-state index in [1.54, 1.807) is 17.8 Å². The van der Waals surface area contributed by atoms with Crippen LogP contribution < -0.4 is 4.90 Å². The van der Waals surface area contributed by atoms with Crippen LogP contribution in [0.1, 0.15) is 25.0 Å². The van der Waals surface area contributed by atoms with Crippen LogP contribution in [0.3, 0.4) is 0 Å². The van der Waals surface area contributed by atoms with Gasteiger partial charge in [-0.3, -0.25) is 9.59 Å². The molecule has 0 N–H and O–H groups in total. The van der Waals surface area contributed by atoms with Crippen molar-refractivity contribution in [3.8, 4) is 0 Å². The van der Waals surface area contributed by atoms with Crippen LogP contribution in [0.2, 0.25) is 0 Å². The Morgan fingerprint density at radius 2 is 1.93 bits per heavy atom. The standard InChI is InChI=1S/C22H22N2O3S/c1-3-23-20(25)14-18(16-8-6-5-7-9-16)24-17-11-10-15(13-21(26)27-4-2)12-19(17)28-22(23)24/h5-12,14,22H,3-4,13H2,1-2H3. The van der Waals surface area contributed by atoms with Gasteiger partial charge in [-0.1, -0.05) is 48.2 Å². The van der Waals surface area contributed by atoms with Crippen LogP contribution in [0.4, 0.5) is 5.69 Å². The summed E-state index contributed by atoms with van der Waals surface area (Å²) in [7, 11) is 0. The summed E-state index contributed by atoms with van der Waals surface area (Å²) in [4.78, 5) is 29.7. The molecule has 2 aromatic rings. The van der Waals surface area contributed by atoms with E-state index in [4.69, 9.17) is 4.74 Å². The van der Waals surface area contributed by atoms with Gasteiger partial charge in [0.25, 0.3) is 5.91 Å². The minimum Gasteiger partial charge on any atom is -0.466 e. The minimum atomic E-state index is -0.224. The van der Waals surface area contributed by atoms with Crippen molar-refractivity contribution >= 4 is 35.0 Å². The first kappa shape index (κ1) is 18.6. The number of hydrogen-bond donors (Lipinski definition) is 0. The zero-order chi connectivity index (χ0) is 19.7. The van der Waals surface area contributed by atoms with E-state index in [0.29, 0.717) is 13.2 Å². The van der Waals surface area contributed by atoms with Gasteiger partial charge in [0.05, 0.1) is 24.4 Å². The SMILES string of the molecule is CCOC(=O)Cc1ccc2c(c1)SC1N(CC)C(=O)C=C(c3ccccc3)N21. The van der Waals surface area contributed by atoms with Crippen molar-refractivity contribution in [1.29, 1.82) is 0 Å². The molecular weight excluding hydrogens is 372 g/mol. The molecule has 1 amide bonds. The summed E-state index contributed by atoms with van der Waals surface area (Å²) in [5.41, 5.74) is 3.78. The third-order valence-corrected chi connectivity index (χ3v) is 6.13. The molecule has 0 saturated heterocycles. The summed E-state index contributed by atoms with van der Waals surface area (Å²) >= 11 is 1.65. The number of thioether (sulfide) groups is 1. The molecule has 6 heteroatoms. The number of fused-ring (bicyclic) bond motifs is 3. The highest BCUT2D eigenvalue weighted by Crippen LogP contribution is 2.50. The lowest BCUT2D eigenvalue weighted by Gasteiger charge is -2.39. The average molecular weight is 394 g/mol. The van der Waals surface area contributed by atoms with Crippen LogP contribution >= 0.6 is 11.8 Å². The number of benzene rings is 2. The van der Waals surface area contributed by atoms with E-state index in [2.05, 4.69) is 4.90 Å². The number of nitrogens with zero attached hydrogens (tertiary/aromatic N) is 2. The molecule has 2 aliphatic heterocycles. The molecule has 2 aromatic carbocycles. The third-order valence-electron chi connectivity index (χ3n) is 4.87. The number of hydrogen-bond acceptors (Lipinski definition) is 5. The van der Waals surface area contributed by atoms with Crippen LogP contribution in [0.15, 0.2) is 59.5 Å². The Hall–Kier alpha value is -2.73. The molecule has 0 bridgehead atoms. The highest BCUT2D eigenvalue weighted by atomic mass is 32.2. The Kier molecular flexibility index (Phi) is 5.13. The number of carbonyl (C=O) groups is 2. The molecule has 4 rings (SSSR count). The van der Waals surface area contributed by atoms with Gasteiger partial charge >= 0.3 is 5.97 Å². The van der Waals surface area contributed by atoms with Crippen LogP contribution in [0.5, 0.6) is 0 Å². The predicted octanol–water partition coefficient (Wildman–Crippen LogP) is 3.89. The van der Waals surface area contributed by atoms with Gasteiger partial charge in [-0.2, -0.15) is 0 Å². The number of rotatable bonds is 5. The molecule has 0 aromatic heterocycles. The van der Waals surface area contributed by atoms with Gasteiger partial charge in [0.2, 0.25) is 0 Å². The second kappa shape index (κ2) is 7.72. The molecule has 0 spiro atoms. The zero-order valence-corrected chi connectivity index (χ0v) is 16.7. The lowest BCUT2D eigenvalue weighted by atomic mass is 10.1. The average Bonchev–Trinajstić information content (AvgIpc) is 3.06. The van der Waals surface area contributed by atoms with Gasteiger partial charge in [-0.05, 0) is 37.1 Å². The first-order chi connectivity index (χ1) is 13.6. The Labute approximate surface area is 169 Å². The van der Waals surface area contributed by atoms with Crippen molar-refractivity contribution in [2.75, 3.05) is 18.1 Å². The smallest absolute Gasteiger partial charge is 0.310 e. The molecule has 5 nitrogen and oxygen atoms in total. The zero-order valence-electron chi connectivity index (χ0n) is 15.9. The van der Waals surface area contributed by atoms with E-state index < -0.39 is 0 Å². The molecule has 0 fully saturated rings. The molecule has 0 radical (unpaired) electrons. The molecule has 0 aliphatic carbocycles. The van der Waals surface area contributed by atoms with Crippen LogP contribution in [-0.2, 0) is 20.7 Å². The maximum absolute atomic E-state index is 12.7. The molecule has 1 atom stereocenters. The normalized spacial score (nSPS) is 17.9. The Bertz CT molecular complexity index is 942. The summed E-state index contributed by atoms with van der Waals surface area (Å²) in [5, 5.41) is 0. The largest absolute Gasteiger partial charge is 0.466 e. The topological polar surface area (TPSA) is 49.9 Å². The minimum absolute atomic E-state index is 0.0228. The van der Waals surface area contributed by atoms with Gasteiger partial charge in [0.1, 0.15) is 0 Å². The summed E-state index contributed by atoms with van der Waals surface area (Å²) < 4.78 is 5.07. The number of esters is 1. The summed E-state index contributed by atoms with van der Waals surface area (Å²) in [6.45, 7) is 4.82. The van der Waals surface area contributed by atoms with E-state index in [1.165, 1.54) is 0 Å². The van der Waals surface area contributed by atoms with Gasteiger partial charge in [-0.25, -0.2) is 0 Å². The van der Waals surface area contributed by atoms with Crippen LogP contribution in [-0.4, -0.2) is 35.4 Å². The first-order valence-electron chi connectivity index (χ1n) is 9.44. The van der Waals surface area contributed by atoms with Crippen molar-refractivity contribution in [1.82, 2.24) is 4.90 Å².